The Kier molecular flexibility index (Phi) is 6.36. The van der Waals surface area contributed by atoms with Crippen molar-refractivity contribution in [1.29, 1.82) is 0 Å². The van der Waals surface area contributed by atoms with E-state index in [4.69, 9.17) is 4.42 Å². The number of benzene rings is 1. The first-order valence-electron chi connectivity index (χ1n) is 9.83. The number of nitrogens with one attached hydrogen (secondary N) is 1. The summed E-state index contributed by atoms with van der Waals surface area (Å²) in [5.74, 6) is 2.54. The molecule has 3 rings (SSSR count). The van der Waals surface area contributed by atoms with Gasteiger partial charge in [0.25, 0.3) is 0 Å². The summed E-state index contributed by atoms with van der Waals surface area (Å²) in [4.78, 5) is 10.9. The third kappa shape index (κ3) is 5.04. The topological polar surface area (TPSA) is 71.5 Å². The zero-order valence-electron chi connectivity index (χ0n) is 18.1. The molecule has 0 saturated heterocycles. The average molecular weight is 395 g/mol. The number of rotatable bonds is 6. The molecule has 7 heteroatoms. The Morgan fingerprint density at radius 1 is 1.28 bits per heavy atom. The number of hydrogen-bond acceptors (Lipinski definition) is 4. The summed E-state index contributed by atoms with van der Waals surface area (Å²) < 4.78 is 7.77. The van der Waals surface area contributed by atoms with Crippen LogP contribution < -0.4 is 5.32 Å². The Bertz CT molecular complexity index is 968. The van der Waals surface area contributed by atoms with Gasteiger partial charge in [0, 0.05) is 45.0 Å². The van der Waals surface area contributed by atoms with Crippen LogP contribution in [0.5, 0.6) is 0 Å². The molecule has 7 nitrogen and oxygen atoms in total. The molecule has 0 spiro atoms. The SMILES string of the molecule is CN=C(NCc1ncc(-c2ccc(C)cc2)o1)N(C)Cc1cn(C)nc1C(C)C. The smallest absolute Gasteiger partial charge is 0.214 e. The summed E-state index contributed by atoms with van der Waals surface area (Å²) in [7, 11) is 5.75. The van der Waals surface area contributed by atoms with Gasteiger partial charge in [0.2, 0.25) is 5.89 Å². The largest absolute Gasteiger partial charge is 0.439 e. The number of aliphatic imine (C=N–C) groups is 1. The molecule has 0 radical (unpaired) electrons. The van der Waals surface area contributed by atoms with Gasteiger partial charge in [-0.15, -0.1) is 0 Å². The number of aromatic nitrogens is 3. The Morgan fingerprint density at radius 3 is 2.66 bits per heavy atom. The van der Waals surface area contributed by atoms with E-state index in [1.807, 2.05) is 30.9 Å². The van der Waals surface area contributed by atoms with E-state index in [1.165, 1.54) is 11.1 Å². The third-order valence-corrected chi connectivity index (χ3v) is 4.75. The quantitative estimate of drug-likeness (QED) is 0.510. The van der Waals surface area contributed by atoms with Crippen molar-refractivity contribution in [2.24, 2.45) is 12.0 Å². The Hall–Kier alpha value is -3.09. The van der Waals surface area contributed by atoms with Crippen LogP contribution in [0.2, 0.25) is 0 Å². The van der Waals surface area contributed by atoms with E-state index < -0.39 is 0 Å². The Morgan fingerprint density at radius 2 is 2.00 bits per heavy atom. The molecule has 0 aliphatic rings. The van der Waals surface area contributed by atoms with E-state index in [-0.39, 0.29) is 0 Å². The standard InChI is InChI=1S/C22H30N6O/c1-15(2)21-18(14-28(6)26-21)13-27(5)22(23-4)25-12-20-24-11-19(29-20)17-9-7-16(3)8-10-17/h7-11,14-15H,12-13H2,1-6H3,(H,23,25). The molecule has 2 aromatic heterocycles. The van der Waals surface area contributed by atoms with Crippen molar-refractivity contribution in [3.05, 3.63) is 59.4 Å². The Balaban J connectivity index is 1.63. The second kappa shape index (κ2) is 8.94. The van der Waals surface area contributed by atoms with Crippen LogP contribution in [0.25, 0.3) is 11.3 Å². The highest BCUT2D eigenvalue weighted by atomic mass is 16.4. The van der Waals surface area contributed by atoms with Crippen molar-refractivity contribution >= 4 is 5.96 Å². The predicted octanol–water partition coefficient (Wildman–Crippen LogP) is 3.71. The molecule has 0 atom stereocenters. The summed E-state index contributed by atoms with van der Waals surface area (Å²) in [6, 6.07) is 8.22. The molecule has 0 aliphatic carbocycles. The van der Waals surface area contributed by atoms with Gasteiger partial charge >= 0.3 is 0 Å². The summed E-state index contributed by atoms with van der Waals surface area (Å²) in [5.41, 5.74) is 4.56. The number of aryl methyl sites for hydroxylation is 2. The molecule has 154 valence electrons. The lowest BCUT2D eigenvalue weighted by Gasteiger charge is -2.21. The molecule has 0 fully saturated rings. The van der Waals surface area contributed by atoms with Crippen LogP contribution in [-0.4, -0.2) is 39.7 Å². The van der Waals surface area contributed by atoms with E-state index in [0.717, 1.165) is 29.5 Å². The maximum Gasteiger partial charge on any atom is 0.214 e. The fourth-order valence-electron chi connectivity index (χ4n) is 3.28. The molecule has 3 aromatic rings. The summed E-state index contributed by atoms with van der Waals surface area (Å²) >= 11 is 0. The normalized spacial score (nSPS) is 11.9. The maximum atomic E-state index is 5.90. The predicted molar refractivity (Wildman–Crippen MR) is 116 cm³/mol. The molecular weight excluding hydrogens is 364 g/mol. The molecule has 0 aliphatic heterocycles. The van der Waals surface area contributed by atoms with E-state index in [2.05, 4.69) is 64.4 Å². The Labute approximate surface area is 172 Å². The van der Waals surface area contributed by atoms with Crippen molar-refractivity contribution in [1.82, 2.24) is 25.0 Å². The van der Waals surface area contributed by atoms with Gasteiger partial charge in [-0.05, 0) is 12.8 Å². The highest BCUT2D eigenvalue weighted by Crippen LogP contribution is 2.21. The van der Waals surface area contributed by atoms with Gasteiger partial charge in [0.15, 0.2) is 11.7 Å². The molecular formula is C22H30N6O. The van der Waals surface area contributed by atoms with Crippen LogP contribution in [-0.2, 0) is 20.1 Å². The second-order valence-electron chi connectivity index (χ2n) is 7.61. The van der Waals surface area contributed by atoms with Crippen molar-refractivity contribution in [2.75, 3.05) is 14.1 Å². The molecule has 2 heterocycles. The van der Waals surface area contributed by atoms with Crippen molar-refractivity contribution in [3.8, 4) is 11.3 Å². The summed E-state index contributed by atoms with van der Waals surface area (Å²) in [6.45, 7) is 7.58. The zero-order valence-corrected chi connectivity index (χ0v) is 18.1. The van der Waals surface area contributed by atoms with Crippen LogP contribution in [0.3, 0.4) is 0 Å². The maximum absolute atomic E-state index is 5.90. The number of hydrogen-bond donors (Lipinski definition) is 1. The van der Waals surface area contributed by atoms with Crippen LogP contribution in [0, 0.1) is 6.92 Å². The van der Waals surface area contributed by atoms with E-state index in [9.17, 15) is 0 Å². The fraction of sp³-hybridized carbons (Fsp3) is 0.409. The summed E-state index contributed by atoms with van der Waals surface area (Å²) in [5, 5.41) is 7.91. The fourth-order valence-corrected chi connectivity index (χ4v) is 3.28. The van der Waals surface area contributed by atoms with Gasteiger partial charge in [-0.25, -0.2) is 4.98 Å². The minimum Gasteiger partial charge on any atom is -0.439 e. The van der Waals surface area contributed by atoms with E-state index in [1.54, 1.807) is 13.2 Å². The highest BCUT2D eigenvalue weighted by molar-refractivity contribution is 5.79. The average Bonchev–Trinajstić information content (AvgIpc) is 3.29. The van der Waals surface area contributed by atoms with Gasteiger partial charge < -0.3 is 14.6 Å². The first-order chi connectivity index (χ1) is 13.9. The lowest BCUT2D eigenvalue weighted by molar-refractivity contribution is 0.454. The van der Waals surface area contributed by atoms with Crippen LogP contribution in [0.4, 0.5) is 0 Å². The first-order valence-corrected chi connectivity index (χ1v) is 9.83. The molecule has 1 aromatic carbocycles. The van der Waals surface area contributed by atoms with Crippen molar-refractivity contribution in [3.63, 3.8) is 0 Å². The van der Waals surface area contributed by atoms with Gasteiger partial charge in [-0.2, -0.15) is 5.10 Å². The monoisotopic (exact) mass is 394 g/mol. The van der Waals surface area contributed by atoms with Gasteiger partial charge in [0.05, 0.1) is 18.4 Å². The third-order valence-electron chi connectivity index (χ3n) is 4.75. The van der Waals surface area contributed by atoms with E-state index in [0.29, 0.717) is 18.4 Å². The molecule has 1 N–H and O–H groups in total. The van der Waals surface area contributed by atoms with Crippen LogP contribution >= 0.6 is 0 Å². The zero-order chi connectivity index (χ0) is 21.0. The lowest BCUT2D eigenvalue weighted by atomic mass is 10.1. The van der Waals surface area contributed by atoms with E-state index >= 15 is 0 Å². The highest BCUT2D eigenvalue weighted by Gasteiger charge is 2.15. The second-order valence-corrected chi connectivity index (χ2v) is 7.61. The van der Waals surface area contributed by atoms with Gasteiger partial charge in [-0.3, -0.25) is 9.67 Å². The van der Waals surface area contributed by atoms with Gasteiger partial charge in [0.1, 0.15) is 0 Å². The molecule has 0 amide bonds. The van der Waals surface area contributed by atoms with Crippen molar-refractivity contribution in [2.45, 2.75) is 39.8 Å². The van der Waals surface area contributed by atoms with Crippen molar-refractivity contribution < 1.29 is 4.42 Å². The van der Waals surface area contributed by atoms with Crippen LogP contribution in [0.1, 0.15) is 42.5 Å². The molecule has 29 heavy (non-hydrogen) atoms. The van der Waals surface area contributed by atoms with Crippen LogP contribution in [0.15, 0.2) is 46.1 Å². The lowest BCUT2D eigenvalue weighted by Crippen LogP contribution is -2.38. The molecule has 0 unspecified atom stereocenters. The minimum atomic E-state index is 0.377. The molecule has 0 bridgehead atoms. The number of guanidine groups is 1. The first kappa shape index (κ1) is 20.6. The minimum absolute atomic E-state index is 0.377. The summed E-state index contributed by atoms with van der Waals surface area (Å²) in [6.07, 6.45) is 3.83. The number of nitrogens with zero attached hydrogens (tertiary/aromatic N) is 5. The number of oxazole rings is 1. The molecule has 0 saturated carbocycles. The van der Waals surface area contributed by atoms with Gasteiger partial charge in [-0.1, -0.05) is 43.7 Å².